The van der Waals surface area contributed by atoms with Crippen molar-refractivity contribution in [1.82, 2.24) is 4.72 Å². The van der Waals surface area contributed by atoms with Gasteiger partial charge in [0.05, 0.1) is 4.90 Å². The predicted molar refractivity (Wildman–Crippen MR) is 72.6 cm³/mol. The lowest BCUT2D eigenvalue weighted by Crippen LogP contribution is -2.30. The molecule has 0 saturated heterocycles. The van der Waals surface area contributed by atoms with Gasteiger partial charge in [0.25, 0.3) is 0 Å². The van der Waals surface area contributed by atoms with Crippen molar-refractivity contribution in [1.29, 1.82) is 0 Å². The summed E-state index contributed by atoms with van der Waals surface area (Å²) in [6, 6.07) is 3.35. The van der Waals surface area contributed by atoms with E-state index in [0.29, 0.717) is 12.5 Å². The lowest BCUT2D eigenvalue weighted by molar-refractivity contribution is 0.357. The summed E-state index contributed by atoms with van der Waals surface area (Å²) < 4.78 is 39.8. The molecule has 0 radical (unpaired) electrons. The second kappa shape index (κ2) is 5.88. The molecule has 1 aliphatic carbocycles. The Kier molecular flexibility index (Phi) is 4.42. The molecule has 0 aliphatic heterocycles. The molecular formula is C13H19FN2O2S. The zero-order chi connectivity index (χ0) is 13.9. The molecule has 1 saturated carbocycles. The van der Waals surface area contributed by atoms with Crippen LogP contribution in [0.25, 0.3) is 0 Å². The van der Waals surface area contributed by atoms with Gasteiger partial charge < -0.3 is 5.73 Å². The van der Waals surface area contributed by atoms with Gasteiger partial charge in [-0.2, -0.15) is 0 Å². The third-order valence-electron chi connectivity index (χ3n) is 3.49. The third-order valence-corrected chi connectivity index (χ3v) is 4.89. The van der Waals surface area contributed by atoms with Gasteiger partial charge in [-0.15, -0.1) is 0 Å². The SMILES string of the molecule is Nc1cc(F)cc(S(=O)(=O)NCC2CCCCC2)c1. The van der Waals surface area contributed by atoms with Crippen molar-refractivity contribution in [3.63, 3.8) is 0 Å². The maximum absolute atomic E-state index is 13.2. The van der Waals surface area contributed by atoms with Crippen LogP contribution in [-0.2, 0) is 10.0 Å². The molecule has 0 aromatic heterocycles. The van der Waals surface area contributed by atoms with Crippen LogP contribution in [-0.4, -0.2) is 15.0 Å². The molecule has 0 amide bonds. The van der Waals surface area contributed by atoms with E-state index >= 15 is 0 Å². The summed E-state index contributed by atoms with van der Waals surface area (Å²) in [5.74, 6) is -0.257. The van der Waals surface area contributed by atoms with E-state index in [1.165, 1.54) is 12.5 Å². The molecule has 106 valence electrons. The molecule has 0 heterocycles. The molecule has 3 N–H and O–H groups in total. The van der Waals surface area contributed by atoms with Crippen molar-refractivity contribution in [2.45, 2.75) is 37.0 Å². The number of benzene rings is 1. The molecule has 0 atom stereocenters. The highest BCUT2D eigenvalue weighted by atomic mass is 32.2. The molecule has 1 aliphatic rings. The number of nitrogens with two attached hydrogens (primary N) is 1. The fraction of sp³-hybridized carbons (Fsp3) is 0.538. The number of hydrogen-bond acceptors (Lipinski definition) is 3. The van der Waals surface area contributed by atoms with E-state index in [4.69, 9.17) is 5.73 Å². The molecule has 0 unspecified atom stereocenters. The minimum Gasteiger partial charge on any atom is -0.399 e. The quantitative estimate of drug-likeness (QED) is 0.834. The fourth-order valence-corrected chi connectivity index (χ4v) is 3.62. The minimum atomic E-state index is -3.67. The van der Waals surface area contributed by atoms with E-state index < -0.39 is 15.8 Å². The van der Waals surface area contributed by atoms with Crippen molar-refractivity contribution < 1.29 is 12.8 Å². The van der Waals surface area contributed by atoms with Gasteiger partial charge in [0.2, 0.25) is 10.0 Å². The van der Waals surface area contributed by atoms with Crippen LogP contribution in [0.15, 0.2) is 23.1 Å². The highest BCUT2D eigenvalue weighted by molar-refractivity contribution is 7.89. The average molecular weight is 286 g/mol. The average Bonchev–Trinajstić information content (AvgIpc) is 2.37. The lowest BCUT2D eigenvalue weighted by atomic mass is 9.90. The minimum absolute atomic E-state index is 0.109. The van der Waals surface area contributed by atoms with Crippen molar-refractivity contribution in [3.05, 3.63) is 24.0 Å². The van der Waals surface area contributed by atoms with Crippen molar-refractivity contribution in [2.75, 3.05) is 12.3 Å². The maximum atomic E-state index is 13.2. The van der Waals surface area contributed by atoms with Crippen molar-refractivity contribution in [2.24, 2.45) is 5.92 Å². The van der Waals surface area contributed by atoms with Gasteiger partial charge in [-0.05, 0) is 37.0 Å². The van der Waals surface area contributed by atoms with Crippen LogP contribution in [0.5, 0.6) is 0 Å². The smallest absolute Gasteiger partial charge is 0.240 e. The van der Waals surface area contributed by atoms with Crippen LogP contribution in [0.3, 0.4) is 0 Å². The normalized spacial score (nSPS) is 17.5. The Hall–Kier alpha value is -1.14. The second-order valence-electron chi connectivity index (χ2n) is 5.08. The van der Waals surface area contributed by atoms with Gasteiger partial charge >= 0.3 is 0 Å². The molecule has 0 bridgehead atoms. The third kappa shape index (κ3) is 3.91. The summed E-state index contributed by atoms with van der Waals surface area (Å²) in [4.78, 5) is -0.110. The van der Waals surface area contributed by atoms with Gasteiger partial charge in [0, 0.05) is 12.2 Å². The monoisotopic (exact) mass is 286 g/mol. The van der Waals surface area contributed by atoms with Gasteiger partial charge in [-0.1, -0.05) is 19.3 Å². The van der Waals surface area contributed by atoms with E-state index in [-0.39, 0.29) is 10.6 Å². The fourth-order valence-electron chi connectivity index (χ4n) is 2.44. The zero-order valence-corrected chi connectivity index (χ0v) is 11.5. The first kappa shape index (κ1) is 14.3. The van der Waals surface area contributed by atoms with E-state index in [0.717, 1.165) is 37.8 Å². The summed E-state index contributed by atoms with van der Waals surface area (Å²) in [5, 5.41) is 0. The molecule has 2 rings (SSSR count). The molecule has 0 spiro atoms. The predicted octanol–water partition coefficient (Wildman–Crippen LogP) is 2.27. The molecule has 19 heavy (non-hydrogen) atoms. The van der Waals surface area contributed by atoms with Crippen LogP contribution in [0.1, 0.15) is 32.1 Å². The van der Waals surface area contributed by atoms with Gasteiger partial charge in [-0.3, -0.25) is 0 Å². The van der Waals surface area contributed by atoms with E-state index in [9.17, 15) is 12.8 Å². The second-order valence-corrected chi connectivity index (χ2v) is 6.84. The largest absolute Gasteiger partial charge is 0.399 e. The first-order valence-electron chi connectivity index (χ1n) is 6.53. The standard InChI is InChI=1S/C13H19FN2O2S/c14-11-6-12(15)8-13(7-11)19(17,18)16-9-10-4-2-1-3-5-10/h6-8,10,16H,1-5,9,15H2. The first-order chi connectivity index (χ1) is 8.97. The number of hydrogen-bond donors (Lipinski definition) is 2. The zero-order valence-electron chi connectivity index (χ0n) is 10.7. The number of anilines is 1. The molecule has 1 aromatic rings. The van der Waals surface area contributed by atoms with Crippen LogP contribution in [0.4, 0.5) is 10.1 Å². The molecule has 1 fully saturated rings. The Bertz CT molecular complexity index is 519. The van der Waals surface area contributed by atoms with Crippen molar-refractivity contribution in [3.8, 4) is 0 Å². The van der Waals surface area contributed by atoms with Crippen LogP contribution >= 0.6 is 0 Å². The molecular weight excluding hydrogens is 267 g/mol. The number of rotatable bonds is 4. The molecule has 4 nitrogen and oxygen atoms in total. The highest BCUT2D eigenvalue weighted by Gasteiger charge is 2.19. The number of nitrogen functional groups attached to an aromatic ring is 1. The Morgan fingerprint density at radius 1 is 1.21 bits per heavy atom. The highest BCUT2D eigenvalue weighted by Crippen LogP contribution is 2.23. The van der Waals surface area contributed by atoms with Gasteiger partial charge in [0.15, 0.2) is 0 Å². The summed E-state index contributed by atoms with van der Waals surface area (Å²) in [7, 11) is -3.67. The van der Waals surface area contributed by atoms with Gasteiger partial charge in [-0.25, -0.2) is 17.5 Å². The summed E-state index contributed by atoms with van der Waals surface area (Å²) in [5.41, 5.74) is 5.57. The number of halogens is 1. The van der Waals surface area contributed by atoms with Crippen LogP contribution < -0.4 is 10.5 Å². The number of sulfonamides is 1. The van der Waals surface area contributed by atoms with Gasteiger partial charge in [0.1, 0.15) is 5.82 Å². The number of nitrogens with one attached hydrogen (secondary N) is 1. The van der Waals surface area contributed by atoms with E-state index in [1.807, 2.05) is 0 Å². The van der Waals surface area contributed by atoms with E-state index in [1.54, 1.807) is 0 Å². The lowest BCUT2D eigenvalue weighted by Gasteiger charge is -2.21. The van der Waals surface area contributed by atoms with Crippen LogP contribution in [0, 0.1) is 11.7 Å². The first-order valence-corrected chi connectivity index (χ1v) is 8.01. The van der Waals surface area contributed by atoms with Crippen LogP contribution in [0.2, 0.25) is 0 Å². The molecule has 1 aromatic carbocycles. The van der Waals surface area contributed by atoms with Crippen molar-refractivity contribution >= 4 is 15.7 Å². The Labute approximate surface area is 113 Å². The Balaban J connectivity index is 2.04. The summed E-state index contributed by atoms with van der Waals surface area (Å²) in [6.45, 7) is 0.415. The Morgan fingerprint density at radius 3 is 2.53 bits per heavy atom. The molecule has 6 heteroatoms. The van der Waals surface area contributed by atoms with E-state index in [2.05, 4.69) is 4.72 Å². The maximum Gasteiger partial charge on any atom is 0.240 e. The topological polar surface area (TPSA) is 72.2 Å². The Morgan fingerprint density at radius 2 is 1.89 bits per heavy atom. The summed E-state index contributed by atoms with van der Waals surface area (Å²) >= 11 is 0. The summed E-state index contributed by atoms with van der Waals surface area (Å²) in [6.07, 6.45) is 5.63.